The lowest BCUT2D eigenvalue weighted by atomic mass is 10.2. The Morgan fingerprint density at radius 3 is 2.85 bits per heavy atom. The smallest absolute Gasteiger partial charge is 0.358 e. The fraction of sp³-hybridized carbons (Fsp3) is 0.583. The first-order valence-corrected chi connectivity index (χ1v) is 6.63. The van der Waals surface area contributed by atoms with Crippen molar-refractivity contribution in [1.29, 1.82) is 0 Å². The van der Waals surface area contributed by atoms with Crippen LogP contribution in [0.2, 0.25) is 0 Å². The molecule has 1 N–H and O–H groups in total. The van der Waals surface area contributed by atoms with Gasteiger partial charge in [-0.15, -0.1) is 5.10 Å². The van der Waals surface area contributed by atoms with E-state index in [1.165, 1.54) is 6.33 Å². The second kappa shape index (κ2) is 4.69. The maximum Gasteiger partial charge on any atom is 0.358 e. The number of rotatable bonds is 5. The Hall–Kier alpha value is -2.25. The highest BCUT2D eigenvalue weighted by molar-refractivity contribution is 5.86. The van der Waals surface area contributed by atoms with Gasteiger partial charge in [-0.05, 0) is 26.7 Å². The third-order valence-corrected chi connectivity index (χ3v) is 3.37. The van der Waals surface area contributed by atoms with Crippen LogP contribution in [0.15, 0.2) is 6.33 Å². The molecule has 8 heteroatoms. The van der Waals surface area contributed by atoms with Crippen molar-refractivity contribution in [2.75, 3.05) is 0 Å². The Morgan fingerprint density at radius 2 is 2.25 bits per heavy atom. The zero-order valence-corrected chi connectivity index (χ0v) is 11.4. The Morgan fingerprint density at radius 1 is 1.50 bits per heavy atom. The maximum atomic E-state index is 11.2. The van der Waals surface area contributed by atoms with Crippen molar-refractivity contribution in [3.63, 3.8) is 0 Å². The third-order valence-electron chi connectivity index (χ3n) is 3.37. The van der Waals surface area contributed by atoms with E-state index in [9.17, 15) is 9.90 Å². The molecule has 0 bridgehead atoms. The van der Waals surface area contributed by atoms with E-state index in [4.69, 9.17) is 0 Å². The molecule has 2 heterocycles. The van der Waals surface area contributed by atoms with Crippen LogP contribution in [-0.2, 0) is 6.54 Å². The average Bonchev–Trinajstić information content (AvgIpc) is 2.97. The summed E-state index contributed by atoms with van der Waals surface area (Å²) in [5.41, 5.74) is 0.763. The van der Waals surface area contributed by atoms with Crippen LogP contribution in [0.5, 0.6) is 0 Å². The maximum absolute atomic E-state index is 11.2. The van der Waals surface area contributed by atoms with E-state index < -0.39 is 5.97 Å². The van der Waals surface area contributed by atoms with Gasteiger partial charge in [0.1, 0.15) is 18.7 Å². The van der Waals surface area contributed by atoms with Gasteiger partial charge in [0.2, 0.25) is 0 Å². The second-order valence-electron chi connectivity index (χ2n) is 5.27. The van der Waals surface area contributed by atoms with Gasteiger partial charge in [-0.1, -0.05) is 5.21 Å². The second-order valence-corrected chi connectivity index (χ2v) is 5.27. The molecule has 20 heavy (non-hydrogen) atoms. The number of carboxylic acid groups (broad SMARTS) is 1. The van der Waals surface area contributed by atoms with E-state index >= 15 is 0 Å². The lowest BCUT2D eigenvalue weighted by Crippen LogP contribution is -2.15. The summed E-state index contributed by atoms with van der Waals surface area (Å²) in [5, 5.41) is 21.1. The lowest BCUT2D eigenvalue weighted by Gasteiger charge is -2.10. The van der Waals surface area contributed by atoms with Gasteiger partial charge in [-0.2, -0.15) is 5.10 Å². The van der Waals surface area contributed by atoms with Gasteiger partial charge >= 0.3 is 5.97 Å². The number of hydrogen-bond donors (Lipinski definition) is 1. The van der Waals surface area contributed by atoms with Crippen LogP contribution in [-0.4, -0.2) is 40.8 Å². The molecule has 106 valence electrons. The lowest BCUT2D eigenvalue weighted by molar-refractivity contribution is 0.0689. The van der Waals surface area contributed by atoms with E-state index in [1.54, 1.807) is 9.36 Å². The molecule has 0 spiro atoms. The summed E-state index contributed by atoms with van der Waals surface area (Å²) in [4.78, 5) is 15.4. The zero-order chi connectivity index (χ0) is 14.3. The number of carboxylic acids is 1. The third kappa shape index (κ3) is 2.17. The van der Waals surface area contributed by atoms with E-state index in [-0.39, 0.29) is 17.7 Å². The van der Waals surface area contributed by atoms with Crippen molar-refractivity contribution in [2.24, 2.45) is 0 Å². The molecule has 0 unspecified atom stereocenters. The number of aromatic nitrogens is 6. The van der Waals surface area contributed by atoms with Crippen molar-refractivity contribution in [1.82, 2.24) is 29.8 Å². The molecule has 2 aromatic rings. The van der Waals surface area contributed by atoms with Gasteiger partial charge in [0.05, 0.1) is 5.69 Å². The van der Waals surface area contributed by atoms with Crippen LogP contribution in [0.1, 0.15) is 60.7 Å². The van der Waals surface area contributed by atoms with E-state index in [2.05, 4.69) is 20.4 Å². The van der Waals surface area contributed by atoms with Crippen molar-refractivity contribution < 1.29 is 9.90 Å². The molecule has 0 atom stereocenters. The van der Waals surface area contributed by atoms with Crippen LogP contribution in [0.3, 0.4) is 0 Å². The quantitative estimate of drug-likeness (QED) is 0.877. The molecule has 1 saturated carbocycles. The average molecular weight is 276 g/mol. The van der Waals surface area contributed by atoms with Crippen molar-refractivity contribution in [2.45, 2.75) is 45.2 Å². The summed E-state index contributed by atoms with van der Waals surface area (Å²) in [5.74, 6) is -0.0151. The van der Waals surface area contributed by atoms with Crippen LogP contribution < -0.4 is 0 Å². The minimum atomic E-state index is -1.02. The number of hydrogen-bond acceptors (Lipinski definition) is 5. The molecule has 0 aromatic carbocycles. The first-order chi connectivity index (χ1) is 9.58. The van der Waals surface area contributed by atoms with Gasteiger partial charge in [-0.3, -0.25) is 0 Å². The summed E-state index contributed by atoms with van der Waals surface area (Å²) < 4.78 is 3.45. The molecular formula is C12H16N6O2. The van der Waals surface area contributed by atoms with E-state index in [0.717, 1.165) is 18.7 Å². The highest BCUT2D eigenvalue weighted by atomic mass is 16.4. The fourth-order valence-electron chi connectivity index (χ4n) is 2.30. The Labute approximate surface area is 115 Å². The van der Waals surface area contributed by atoms with Gasteiger partial charge in [0.15, 0.2) is 5.69 Å². The first kappa shape index (κ1) is 12.8. The Balaban J connectivity index is 1.95. The first-order valence-electron chi connectivity index (χ1n) is 6.63. The molecule has 0 saturated heterocycles. The van der Waals surface area contributed by atoms with Crippen LogP contribution in [0, 0.1) is 0 Å². The zero-order valence-electron chi connectivity index (χ0n) is 11.4. The summed E-state index contributed by atoms with van der Waals surface area (Å²) in [6.45, 7) is 4.43. The molecule has 1 aliphatic rings. The predicted octanol–water partition coefficient (Wildman–Crippen LogP) is 1.07. The summed E-state index contributed by atoms with van der Waals surface area (Å²) in [6, 6.07) is 0.194. The highest BCUT2D eigenvalue weighted by Crippen LogP contribution is 2.41. The van der Waals surface area contributed by atoms with Crippen molar-refractivity contribution in [3.8, 4) is 0 Å². The summed E-state index contributed by atoms with van der Waals surface area (Å²) >= 11 is 0. The Bertz CT molecular complexity index is 640. The number of nitrogens with zero attached hydrogens (tertiary/aromatic N) is 6. The largest absolute Gasteiger partial charge is 0.476 e. The highest BCUT2D eigenvalue weighted by Gasteiger charge is 2.34. The molecular weight excluding hydrogens is 260 g/mol. The molecule has 1 aliphatic carbocycles. The Kier molecular flexibility index (Phi) is 3.00. The van der Waals surface area contributed by atoms with Crippen LogP contribution >= 0.6 is 0 Å². The molecule has 2 aromatic heterocycles. The number of carbonyl (C=O) groups is 1. The van der Waals surface area contributed by atoms with E-state index in [0.29, 0.717) is 12.2 Å². The fourth-order valence-corrected chi connectivity index (χ4v) is 2.30. The van der Waals surface area contributed by atoms with Gasteiger partial charge in [-0.25, -0.2) is 19.1 Å². The van der Waals surface area contributed by atoms with Crippen molar-refractivity contribution in [3.05, 3.63) is 23.5 Å². The van der Waals surface area contributed by atoms with Crippen molar-refractivity contribution >= 4 is 5.97 Å². The minimum Gasteiger partial charge on any atom is -0.476 e. The van der Waals surface area contributed by atoms with Gasteiger partial charge in [0, 0.05) is 12.0 Å². The normalized spacial score (nSPS) is 14.9. The predicted molar refractivity (Wildman–Crippen MR) is 68.5 cm³/mol. The molecule has 0 radical (unpaired) electrons. The monoisotopic (exact) mass is 276 g/mol. The summed E-state index contributed by atoms with van der Waals surface area (Å²) in [6.07, 6.45) is 3.48. The molecule has 3 rings (SSSR count). The molecule has 1 fully saturated rings. The molecule has 0 amide bonds. The van der Waals surface area contributed by atoms with Gasteiger partial charge in [0.25, 0.3) is 0 Å². The summed E-state index contributed by atoms with van der Waals surface area (Å²) in [7, 11) is 0. The van der Waals surface area contributed by atoms with E-state index in [1.807, 2.05) is 13.8 Å². The van der Waals surface area contributed by atoms with Crippen LogP contribution in [0.4, 0.5) is 0 Å². The van der Waals surface area contributed by atoms with Gasteiger partial charge < -0.3 is 5.11 Å². The van der Waals surface area contributed by atoms with Crippen LogP contribution in [0.25, 0.3) is 0 Å². The molecule has 0 aliphatic heterocycles. The number of aromatic carboxylic acids is 1. The minimum absolute atomic E-state index is 0.0584. The molecule has 8 nitrogen and oxygen atoms in total. The standard InChI is InChI=1S/C12H16N6O2/c1-7(2)18-9(13-6-14-18)5-17-11(8-3-4-8)10(12(19)20)15-16-17/h6-8H,3-5H2,1-2H3,(H,19,20). The topological polar surface area (TPSA) is 98.7 Å². The SMILES string of the molecule is CC(C)n1ncnc1Cn1nnc(C(=O)O)c1C1CC1.